The Morgan fingerprint density at radius 2 is 0.943 bits per heavy atom. The molecular weight excluding hydrogens is 653 g/mol. The zero-order valence-electron chi connectivity index (χ0n) is 28.3. The maximum atomic E-state index is 6.61. The van der Waals surface area contributed by atoms with Gasteiger partial charge in [-0.3, -0.25) is 4.57 Å². The summed E-state index contributed by atoms with van der Waals surface area (Å²) in [5.41, 5.74) is 12.5. The highest BCUT2D eigenvalue weighted by Crippen LogP contribution is 2.54. The first-order valence-corrected chi connectivity index (χ1v) is 17.8. The Morgan fingerprint density at radius 3 is 1.74 bits per heavy atom. The molecule has 248 valence electrons. The third-order valence-corrected chi connectivity index (χ3v) is 10.7. The molecule has 0 radical (unpaired) electrons. The van der Waals surface area contributed by atoms with Crippen LogP contribution in [0, 0.1) is 0 Å². The van der Waals surface area contributed by atoms with Crippen molar-refractivity contribution >= 4 is 60.8 Å². The summed E-state index contributed by atoms with van der Waals surface area (Å²) in [5, 5.41) is 4.52. The number of aromatic nitrogens is 1. The number of furan rings is 1. The van der Waals surface area contributed by atoms with Crippen LogP contribution in [0.1, 0.15) is 0 Å². The lowest BCUT2D eigenvalue weighted by Crippen LogP contribution is -2.10. The summed E-state index contributed by atoms with van der Waals surface area (Å²) in [6.45, 7) is 0. The van der Waals surface area contributed by atoms with E-state index in [1.807, 2.05) is 42.5 Å². The molecule has 2 aliphatic rings. The van der Waals surface area contributed by atoms with E-state index in [1.165, 1.54) is 11.1 Å². The van der Waals surface area contributed by atoms with Gasteiger partial charge in [0.2, 0.25) is 0 Å². The van der Waals surface area contributed by atoms with Crippen molar-refractivity contribution in [2.75, 3.05) is 4.90 Å². The normalized spacial score (nSPS) is 12.5. The number of nitrogens with zero attached hydrogens (tertiary/aromatic N) is 2. The van der Waals surface area contributed by atoms with E-state index >= 15 is 0 Å². The smallest absolute Gasteiger partial charge is 0.155 e. The summed E-state index contributed by atoms with van der Waals surface area (Å²) in [7, 11) is 0. The molecule has 8 aromatic carbocycles. The highest BCUT2D eigenvalue weighted by Gasteiger charge is 2.32. The second-order valence-corrected chi connectivity index (χ2v) is 13.7. The van der Waals surface area contributed by atoms with Crippen LogP contribution in [0.5, 0.6) is 23.0 Å². The topological polar surface area (TPSA) is 39.8 Å². The molecule has 10 aromatic rings. The van der Waals surface area contributed by atoms with E-state index in [4.69, 9.17) is 13.9 Å². The summed E-state index contributed by atoms with van der Waals surface area (Å²) in [4.78, 5) is 2.29. The number of para-hydroxylation sites is 3. The maximum absolute atomic E-state index is 6.61. The number of ether oxygens (including phenoxy) is 2. The summed E-state index contributed by atoms with van der Waals surface area (Å²) in [6, 6.07) is 59.5. The molecule has 53 heavy (non-hydrogen) atoms. The van der Waals surface area contributed by atoms with Gasteiger partial charge in [-0.2, -0.15) is 0 Å². The van der Waals surface area contributed by atoms with Crippen molar-refractivity contribution < 1.29 is 13.9 Å². The quantitative estimate of drug-likeness (QED) is 0.181. The first-order chi connectivity index (χ1) is 26.2. The lowest BCUT2D eigenvalue weighted by Gasteiger charge is -2.27. The van der Waals surface area contributed by atoms with Gasteiger partial charge in [0.1, 0.15) is 16.9 Å². The molecule has 5 nitrogen and oxygen atoms in total. The molecular formula is C48H28N2O3. The van der Waals surface area contributed by atoms with E-state index < -0.39 is 0 Å². The molecule has 0 atom stereocenters. The fourth-order valence-electron chi connectivity index (χ4n) is 8.34. The third-order valence-electron chi connectivity index (χ3n) is 10.7. The Morgan fingerprint density at radius 1 is 0.358 bits per heavy atom. The summed E-state index contributed by atoms with van der Waals surface area (Å²) in [6.07, 6.45) is 0. The van der Waals surface area contributed by atoms with Gasteiger partial charge in [0.05, 0.1) is 11.0 Å². The third kappa shape index (κ3) is 4.13. The number of rotatable bonds is 5. The Kier molecular flexibility index (Phi) is 5.71. The Bertz CT molecular complexity index is 3100. The van der Waals surface area contributed by atoms with Gasteiger partial charge in [-0.15, -0.1) is 0 Å². The number of anilines is 3. The molecule has 0 bridgehead atoms. The van der Waals surface area contributed by atoms with Crippen LogP contribution in [-0.4, -0.2) is 4.57 Å². The Labute approximate surface area is 304 Å². The summed E-state index contributed by atoms with van der Waals surface area (Å²) < 4.78 is 21.6. The van der Waals surface area contributed by atoms with Gasteiger partial charge in [0, 0.05) is 44.7 Å². The van der Waals surface area contributed by atoms with Crippen molar-refractivity contribution in [2.24, 2.45) is 0 Å². The maximum Gasteiger partial charge on any atom is 0.155 e. The lowest BCUT2D eigenvalue weighted by molar-refractivity contribution is 0.444. The van der Waals surface area contributed by atoms with Gasteiger partial charge >= 0.3 is 0 Å². The molecule has 0 N–H and O–H groups in total. The van der Waals surface area contributed by atoms with Crippen molar-refractivity contribution in [1.29, 1.82) is 0 Å². The average Bonchev–Trinajstić information content (AvgIpc) is 3.76. The Hall–Kier alpha value is -7.24. The molecule has 12 rings (SSSR count). The predicted molar refractivity (Wildman–Crippen MR) is 214 cm³/mol. The van der Waals surface area contributed by atoms with Gasteiger partial charge in [-0.05, 0) is 95.1 Å². The van der Waals surface area contributed by atoms with E-state index in [0.29, 0.717) is 0 Å². The van der Waals surface area contributed by atoms with Crippen molar-refractivity contribution in [3.05, 3.63) is 170 Å². The van der Waals surface area contributed by atoms with E-state index in [-0.39, 0.29) is 0 Å². The van der Waals surface area contributed by atoms with Crippen LogP contribution in [0.3, 0.4) is 0 Å². The minimum absolute atomic E-state index is 0.797. The highest BCUT2D eigenvalue weighted by atomic mass is 16.5. The van der Waals surface area contributed by atoms with Gasteiger partial charge < -0.3 is 18.8 Å². The zero-order valence-corrected chi connectivity index (χ0v) is 28.3. The molecule has 0 spiro atoms. The van der Waals surface area contributed by atoms with Gasteiger partial charge in [0.25, 0.3) is 0 Å². The second-order valence-electron chi connectivity index (χ2n) is 13.7. The highest BCUT2D eigenvalue weighted by molar-refractivity contribution is 6.16. The largest absolute Gasteiger partial charge is 0.456 e. The molecule has 2 aromatic heterocycles. The van der Waals surface area contributed by atoms with Crippen LogP contribution in [-0.2, 0) is 0 Å². The first kappa shape index (κ1) is 28.5. The Balaban J connectivity index is 0.991. The molecule has 0 aliphatic carbocycles. The SMILES string of the molecule is c1ccc(-c2ccc(N(c3ccc(-c4cc5c6c(c4)c4cccc7c4n6-c4c(cccc4O5)O7)cc3)c3ccc4c(c3)oc3ccccc34)cc2)cc1. The minimum Gasteiger partial charge on any atom is -0.456 e. The second kappa shape index (κ2) is 10.6. The standard InChI is InChI=1S/C48H28N2O3/c1-2-8-29(9-3-1)30-16-20-33(21-17-30)49(35-24-25-37-36-10-4-5-12-40(36)51-44(37)28-35)34-22-18-31(19-23-34)32-26-39-38-11-6-13-41-46(38)50-47(39)45(27-32)53-43-15-7-14-42(52-41)48(43)50/h1-28H. The predicted octanol–water partition coefficient (Wildman–Crippen LogP) is 13.7. The molecule has 0 saturated heterocycles. The lowest BCUT2D eigenvalue weighted by atomic mass is 10.0. The van der Waals surface area contributed by atoms with Crippen LogP contribution in [0.2, 0.25) is 0 Å². The monoisotopic (exact) mass is 680 g/mol. The van der Waals surface area contributed by atoms with Crippen molar-refractivity contribution in [2.45, 2.75) is 0 Å². The van der Waals surface area contributed by atoms with Crippen LogP contribution in [0.4, 0.5) is 17.1 Å². The van der Waals surface area contributed by atoms with Gasteiger partial charge in [-0.25, -0.2) is 0 Å². The average molecular weight is 681 g/mol. The molecule has 0 saturated carbocycles. The van der Waals surface area contributed by atoms with Gasteiger partial charge in [-0.1, -0.05) is 91.0 Å². The zero-order chi connectivity index (χ0) is 34.6. The molecule has 0 fully saturated rings. The molecule has 5 heteroatoms. The van der Waals surface area contributed by atoms with Crippen molar-refractivity contribution in [1.82, 2.24) is 4.57 Å². The van der Waals surface area contributed by atoms with Crippen LogP contribution < -0.4 is 14.4 Å². The fraction of sp³-hybridized carbons (Fsp3) is 0. The molecule has 0 amide bonds. The number of hydrogen-bond donors (Lipinski definition) is 0. The van der Waals surface area contributed by atoms with E-state index in [0.717, 1.165) is 101 Å². The minimum atomic E-state index is 0.797. The first-order valence-electron chi connectivity index (χ1n) is 17.8. The van der Waals surface area contributed by atoms with Gasteiger partial charge in [0.15, 0.2) is 23.0 Å². The van der Waals surface area contributed by atoms with Crippen molar-refractivity contribution in [3.8, 4) is 50.9 Å². The molecule has 0 unspecified atom stereocenters. The van der Waals surface area contributed by atoms with E-state index in [2.05, 4.69) is 137 Å². The fourth-order valence-corrected chi connectivity index (χ4v) is 8.34. The van der Waals surface area contributed by atoms with E-state index in [9.17, 15) is 0 Å². The number of fused-ring (bicyclic) bond motifs is 4. The number of benzene rings is 8. The molecule has 4 heterocycles. The summed E-state index contributed by atoms with van der Waals surface area (Å²) in [5.74, 6) is 3.31. The molecule has 2 aliphatic heterocycles. The van der Waals surface area contributed by atoms with Crippen LogP contribution in [0.25, 0.3) is 71.7 Å². The van der Waals surface area contributed by atoms with E-state index in [1.54, 1.807) is 0 Å². The summed E-state index contributed by atoms with van der Waals surface area (Å²) >= 11 is 0. The van der Waals surface area contributed by atoms with Crippen LogP contribution >= 0.6 is 0 Å². The van der Waals surface area contributed by atoms with Crippen molar-refractivity contribution in [3.63, 3.8) is 0 Å². The van der Waals surface area contributed by atoms with Crippen LogP contribution in [0.15, 0.2) is 174 Å². The number of hydrogen-bond acceptors (Lipinski definition) is 4.